The van der Waals surface area contributed by atoms with Crippen LogP contribution in [0.2, 0.25) is 5.02 Å². The van der Waals surface area contributed by atoms with Crippen molar-refractivity contribution in [3.8, 4) is 5.75 Å². The van der Waals surface area contributed by atoms with Gasteiger partial charge in [-0.3, -0.25) is 4.79 Å². The van der Waals surface area contributed by atoms with Crippen molar-refractivity contribution in [3.05, 3.63) is 59.1 Å². The summed E-state index contributed by atoms with van der Waals surface area (Å²) in [5.41, 5.74) is 7.10. The second-order valence-electron chi connectivity index (χ2n) is 4.16. The van der Waals surface area contributed by atoms with Crippen molar-refractivity contribution in [1.29, 1.82) is 0 Å². The van der Waals surface area contributed by atoms with Crippen LogP contribution >= 0.6 is 11.6 Å². The summed E-state index contributed by atoms with van der Waals surface area (Å²) >= 11 is 5.84. The number of ether oxygens (including phenoxy) is 1. The van der Waals surface area contributed by atoms with Crippen LogP contribution in [0.1, 0.15) is 5.56 Å². The smallest absolute Gasteiger partial charge is 0.262 e. The van der Waals surface area contributed by atoms with Gasteiger partial charge < -0.3 is 15.8 Å². The summed E-state index contributed by atoms with van der Waals surface area (Å²) in [5, 5.41) is 3.28. The highest BCUT2D eigenvalue weighted by Gasteiger charge is 2.06. The predicted octanol–water partition coefficient (Wildman–Crippen LogP) is 2.82. The zero-order valence-corrected chi connectivity index (χ0v) is 11.6. The minimum Gasteiger partial charge on any atom is -0.483 e. The van der Waals surface area contributed by atoms with E-state index >= 15 is 0 Å². The molecule has 0 aliphatic heterocycles. The number of rotatable bonds is 5. The van der Waals surface area contributed by atoms with Crippen LogP contribution in [-0.2, 0) is 11.3 Å². The summed E-state index contributed by atoms with van der Waals surface area (Å²) in [4.78, 5) is 11.8. The highest BCUT2D eigenvalue weighted by molar-refractivity contribution is 6.30. The lowest BCUT2D eigenvalue weighted by Gasteiger charge is -2.10. The van der Waals surface area contributed by atoms with Crippen LogP contribution in [0.4, 0.5) is 5.69 Å². The van der Waals surface area contributed by atoms with E-state index in [4.69, 9.17) is 22.1 Å². The number of para-hydroxylation sites is 1. The summed E-state index contributed by atoms with van der Waals surface area (Å²) in [6.07, 6.45) is 0. The lowest BCUT2D eigenvalue weighted by Crippen LogP contribution is -2.20. The molecule has 0 radical (unpaired) electrons. The first kappa shape index (κ1) is 14.4. The molecule has 0 unspecified atom stereocenters. The summed E-state index contributed by atoms with van der Waals surface area (Å²) < 4.78 is 5.47. The molecule has 5 heteroatoms. The summed E-state index contributed by atoms with van der Waals surface area (Å²) in [7, 11) is 0. The van der Waals surface area contributed by atoms with E-state index in [1.807, 2.05) is 18.2 Å². The lowest BCUT2D eigenvalue weighted by atomic mass is 10.2. The van der Waals surface area contributed by atoms with Gasteiger partial charge in [0.2, 0.25) is 0 Å². The number of nitrogens with two attached hydrogens (primary N) is 1. The van der Waals surface area contributed by atoms with Crippen molar-refractivity contribution >= 4 is 23.2 Å². The Hall–Kier alpha value is -2.04. The number of carbonyl (C=O) groups is 1. The molecule has 0 aliphatic rings. The van der Waals surface area contributed by atoms with Gasteiger partial charge in [-0.1, -0.05) is 35.9 Å². The minimum absolute atomic E-state index is 0.0798. The highest BCUT2D eigenvalue weighted by Crippen LogP contribution is 2.17. The Kier molecular flexibility index (Phi) is 4.98. The molecule has 2 aromatic carbocycles. The number of halogens is 1. The molecule has 2 aromatic rings. The van der Waals surface area contributed by atoms with Gasteiger partial charge in [0.05, 0.1) is 0 Å². The van der Waals surface area contributed by atoms with Crippen LogP contribution in [0.3, 0.4) is 0 Å². The van der Waals surface area contributed by atoms with Crippen molar-refractivity contribution in [2.45, 2.75) is 6.54 Å². The van der Waals surface area contributed by atoms with Gasteiger partial charge in [-0.05, 0) is 24.3 Å². The molecule has 2 rings (SSSR count). The zero-order valence-electron chi connectivity index (χ0n) is 10.8. The average Bonchev–Trinajstić information content (AvgIpc) is 2.45. The molecule has 0 saturated carbocycles. The van der Waals surface area contributed by atoms with Crippen molar-refractivity contribution in [2.24, 2.45) is 5.73 Å². The van der Waals surface area contributed by atoms with Crippen molar-refractivity contribution in [3.63, 3.8) is 0 Å². The number of hydrogen-bond acceptors (Lipinski definition) is 3. The molecule has 0 fully saturated rings. The Morgan fingerprint density at radius 3 is 2.75 bits per heavy atom. The minimum atomic E-state index is -0.251. The number of benzene rings is 2. The van der Waals surface area contributed by atoms with E-state index in [1.165, 1.54) is 0 Å². The molecule has 0 heterocycles. The molecule has 0 saturated heterocycles. The fraction of sp³-hybridized carbons (Fsp3) is 0.133. The summed E-state index contributed by atoms with van der Waals surface area (Å²) in [5.74, 6) is 0.371. The Labute approximate surface area is 122 Å². The Balaban J connectivity index is 1.92. The highest BCUT2D eigenvalue weighted by atomic mass is 35.5. The molecular weight excluding hydrogens is 276 g/mol. The lowest BCUT2D eigenvalue weighted by molar-refractivity contribution is -0.118. The van der Waals surface area contributed by atoms with Gasteiger partial charge in [0, 0.05) is 22.8 Å². The molecule has 4 nitrogen and oxygen atoms in total. The number of hydrogen-bond donors (Lipinski definition) is 2. The fourth-order valence-corrected chi connectivity index (χ4v) is 1.91. The maximum atomic E-state index is 11.8. The van der Waals surface area contributed by atoms with E-state index < -0.39 is 0 Å². The molecule has 20 heavy (non-hydrogen) atoms. The van der Waals surface area contributed by atoms with Crippen LogP contribution in [0, 0.1) is 0 Å². The predicted molar refractivity (Wildman–Crippen MR) is 79.9 cm³/mol. The van der Waals surface area contributed by atoms with Gasteiger partial charge in [-0.15, -0.1) is 0 Å². The number of nitrogens with one attached hydrogen (secondary N) is 1. The summed E-state index contributed by atoms with van der Waals surface area (Å²) in [6, 6.07) is 14.3. The molecule has 0 bridgehead atoms. The third-order valence-electron chi connectivity index (χ3n) is 2.66. The maximum Gasteiger partial charge on any atom is 0.262 e. The van der Waals surface area contributed by atoms with Gasteiger partial charge in [0.15, 0.2) is 6.61 Å². The van der Waals surface area contributed by atoms with E-state index in [0.29, 0.717) is 23.0 Å². The molecule has 0 aliphatic carbocycles. The maximum absolute atomic E-state index is 11.8. The van der Waals surface area contributed by atoms with E-state index in [9.17, 15) is 4.79 Å². The van der Waals surface area contributed by atoms with E-state index in [1.54, 1.807) is 30.3 Å². The Morgan fingerprint density at radius 1 is 1.20 bits per heavy atom. The van der Waals surface area contributed by atoms with Crippen molar-refractivity contribution in [1.82, 2.24) is 0 Å². The van der Waals surface area contributed by atoms with Crippen molar-refractivity contribution < 1.29 is 9.53 Å². The molecule has 1 amide bonds. The van der Waals surface area contributed by atoms with Gasteiger partial charge in [0.1, 0.15) is 5.75 Å². The number of carbonyl (C=O) groups excluding carboxylic acids is 1. The fourth-order valence-electron chi connectivity index (χ4n) is 1.72. The monoisotopic (exact) mass is 290 g/mol. The van der Waals surface area contributed by atoms with Crippen molar-refractivity contribution in [2.75, 3.05) is 11.9 Å². The van der Waals surface area contributed by atoms with E-state index in [-0.39, 0.29) is 12.5 Å². The molecule has 0 atom stereocenters. The van der Waals surface area contributed by atoms with E-state index in [0.717, 1.165) is 5.56 Å². The molecule has 0 spiro atoms. The first-order chi connectivity index (χ1) is 9.69. The Morgan fingerprint density at radius 2 is 2.00 bits per heavy atom. The average molecular weight is 291 g/mol. The summed E-state index contributed by atoms with van der Waals surface area (Å²) in [6.45, 7) is 0.287. The quantitative estimate of drug-likeness (QED) is 0.890. The van der Waals surface area contributed by atoms with Crippen LogP contribution in [0.15, 0.2) is 48.5 Å². The topological polar surface area (TPSA) is 64.3 Å². The first-order valence-corrected chi connectivity index (χ1v) is 6.53. The number of anilines is 1. The molecule has 0 aromatic heterocycles. The second-order valence-corrected chi connectivity index (χ2v) is 4.60. The standard InChI is InChI=1S/C15H15ClN2O2/c16-12-5-3-6-13(8-12)18-15(19)10-20-14-7-2-1-4-11(14)9-17/h1-8H,9-10,17H2,(H,18,19). The molecule has 104 valence electrons. The third kappa shape index (κ3) is 3.98. The number of amides is 1. The molecule has 3 N–H and O–H groups in total. The SMILES string of the molecule is NCc1ccccc1OCC(=O)Nc1cccc(Cl)c1. The normalized spacial score (nSPS) is 10.1. The van der Waals surface area contributed by atoms with E-state index in [2.05, 4.69) is 5.32 Å². The van der Waals surface area contributed by atoms with Crippen LogP contribution in [-0.4, -0.2) is 12.5 Å². The first-order valence-electron chi connectivity index (χ1n) is 6.15. The van der Waals surface area contributed by atoms with Gasteiger partial charge >= 0.3 is 0 Å². The van der Waals surface area contributed by atoms with Gasteiger partial charge in [-0.2, -0.15) is 0 Å². The van der Waals surface area contributed by atoms with Crippen LogP contribution in [0.25, 0.3) is 0 Å². The van der Waals surface area contributed by atoms with Gasteiger partial charge in [0.25, 0.3) is 5.91 Å². The third-order valence-corrected chi connectivity index (χ3v) is 2.89. The van der Waals surface area contributed by atoms with Gasteiger partial charge in [-0.25, -0.2) is 0 Å². The zero-order chi connectivity index (χ0) is 14.4. The van der Waals surface area contributed by atoms with Crippen LogP contribution < -0.4 is 15.8 Å². The second kappa shape index (κ2) is 6.93. The van der Waals surface area contributed by atoms with Crippen LogP contribution in [0.5, 0.6) is 5.75 Å². The molecular formula is C15H15ClN2O2. The Bertz CT molecular complexity index is 602. The largest absolute Gasteiger partial charge is 0.483 e.